The number of fused-ring (bicyclic) bond motifs is 2. The molecule has 0 bridgehead atoms. The zero-order valence-electron chi connectivity index (χ0n) is 19.7. The van der Waals surface area contributed by atoms with Crippen molar-refractivity contribution >= 4 is 28.4 Å². The Morgan fingerprint density at radius 1 is 1.14 bits per heavy atom. The Morgan fingerprint density at radius 2 is 1.92 bits per heavy atom. The molecule has 192 valence electrons. The molecule has 4 aromatic heterocycles. The van der Waals surface area contributed by atoms with Gasteiger partial charge in [0, 0.05) is 25.4 Å². The van der Waals surface area contributed by atoms with Crippen LogP contribution in [0, 0.1) is 6.92 Å². The molecule has 0 spiro atoms. The van der Waals surface area contributed by atoms with E-state index < -0.39 is 24.7 Å². The molecule has 9 nitrogen and oxygen atoms in total. The molecule has 2 N–H and O–H groups in total. The molecule has 0 aromatic carbocycles. The fourth-order valence-corrected chi connectivity index (χ4v) is 4.54. The number of imidazole rings is 1. The quantitative estimate of drug-likeness (QED) is 0.396. The Kier molecular flexibility index (Phi) is 5.73. The molecule has 0 unspecified atom stereocenters. The molecule has 1 saturated heterocycles. The van der Waals surface area contributed by atoms with E-state index in [1.165, 1.54) is 11.4 Å². The Hall–Kier alpha value is -3.55. The molecule has 0 amide bonds. The van der Waals surface area contributed by atoms with E-state index in [9.17, 15) is 22.0 Å². The SMILES string of the molecule is CNc1nc(N[C@@H]2CCN(C)CC2(F)F)nn2ccc(-c3ccc4nc(C)n(CC(F)(F)F)c4n3)c12. The molecule has 5 rings (SSSR count). The topological polar surface area (TPSA) is 88.2 Å². The lowest BCUT2D eigenvalue weighted by atomic mass is 10.0. The summed E-state index contributed by atoms with van der Waals surface area (Å²) in [7, 11) is 3.28. The number of nitrogens with zero attached hydrogens (tertiary/aromatic N) is 7. The van der Waals surface area contributed by atoms with Crippen LogP contribution in [0.25, 0.3) is 27.9 Å². The first kappa shape index (κ1) is 24.2. The van der Waals surface area contributed by atoms with Crippen molar-refractivity contribution in [1.82, 2.24) is 34.0 Å². The van der Waals surface area contributed by atoms with Crippen LogP contribution in [-0.2, 0) is 6.54 Å². The van der Waals surface area contributed by atoms with Gasteiger partial charge in [-0.25, -0.2) is 23.3 Å². The third-order valence-corrected chi connectivity index (χ3v) is 6.24. The summed E-state index contributed by atoms with van der Waals surface area (Å²) in [5, 5.41) is 10.1. The van der Waals surface area contributed by atoms with Gasteiger partial charge in [-0.15, -0.1) is 5.10 Å². The van der Waals surface area contributed by atoms with Gasteiger partial charge in [-0.05, 0) is 38.6 Å². The van der Waals surface area contributed by atoms with Crippen molar-refractivity contribution in [3.8, 4) is 11.3 Å². The molecular weight excluding hydrogens is 485 g/mol. The zero-order chi connectivity index (χ0) is 25.8. The second-order valence-corrected chi connectivity index (χ2v) is 8.94. The summed E-state index contributed by atoms with van der Waals surface area (Å²) in [6, 6.07) is 3.85. The Labute approximate surface area is 202 Å². The number of halogens is 5. The second kappa shape index (κ2) is 8.54. The molecule has 1 atom stereocenters. The fourth-order valence-electron chi connectivity index (χ4n) is 4.54. The van der Waals surface area contributed by atoms with Gasteiger partial charge in [-0.1, -0.05) is 0 Å². The maximum Gasteiger partial charge on any atom is 0.406 e. The van der Waals surface area contributed by atoms with Gasteiger partial charge in [0.2, 0.25) is 5.95 Å². The van der Waals surface area contributed by atoms with E-state index in [0.29, 0.717) is 34.7 Å². The number of alkyl halides is 5. The van der Waals surface area contributed by atoms with E-state index in [0.717, 1.165) is 4.57 Å². The third kappa shape index (κ3) is 4.40. The zero-order valence-corrected chi connectivity index (χ0v) is 19.7. The van der Waals surface area contributed by atoms with Crippen molar-refractivity contribution in [3.63, 3.8) is 0 Å². The predicted molar refractivity (Wildman–Crippen MR) is 124 cm³/mol. The predicted octanol–water partition coefficient (Wildman–Crippen LogP) is 3.80. The average molecular weight is 509 g/mol. The lowest BCUT2D eigenvalue weighted by Gasteiger charge is -2.36. The second-order valence-electron chi connectivity index (χ2n) is 8.94. The molecule has 0 radical (unpaired) electrons. The summed E-state index contributed by atoms with van der Waals surface area (Å²) < 4.78 is 70.9. The minimum atomic E-state index is -4.43. The minimum Gasteiger partial charge on any atom is -0.371 e. The summed E-state index contributed by atoms with van der Waals surface area (Å²) in [4.78, 5) is 14.6. The van der Waals surface area contributed by atoms with Crippen LogP contribution in [0.1, 0.15) is 12.2 Å². The van der Waals surface area contributed by atoms with E-state index in [2.05, 4.69) is 30.7 Å². The largest absolute Gasteiger partial charge is 0.406 e. The normalized spacial score (nSPS) is 18.7. The number of aromatic nitrogens is 6. The standard InChI is InChI=1S/C22H24F5N9/c1-12-29-15-5-4-14(30-19(15)35(12)11-22(25,26)27)13-6-9-36-17(13)18(28-2)32-20(33-36)31-16-7-8-34(3)10-21(16,23)24/h4-6,9,16H,7-8,10-11H2,1-3H3,(H2,28,31,32,33)/t16-/m1/s1. The van der Waals surface area contributed by atoms with Gasteiger partial charge >= 0.3 is 6.18 Å². The highest BCUT2D eigenvalue weighted by Gasteiger charge is 2.44. The summed E-state index contributed by atoms with van der Waals surface area (Å²) in [6.45, 7) is 0.443. The van der Waals surface area contributed by atoms with Crippen LogP contribution in [0.2, 0.25) is 0 Å². The number of pyridine rings is 1. The van der Waals surface area contributed by atoms with Gasteiger partial charge in [-0.3, -0.25) is 0 Å². The van der Waals surface area contributed by atoms with Crippen molar-refractivity contribution in [2.75, 3.05) is 37.8 Å². The van der Waals surface area contributed by atoms with Crippen LogP contribution >= 0.6 is 0 Å². The van der Waals surface area contributed by atoms with Crippen LogP contribution < -0.4 is 10.6 Å². The summed E-state index contributed by atoms with van der Waals surface area (Å²) in [5.41, 5.74) is 1.92. The van der Waals surface area contributed by atoms with Crippen molar-refractivity contribution in [3.05, 3.63) is 30.2 Å². The molecule has 0 saturated carbocycles. The number of hydrogen-bond donors (Lipinski definition) is 2. The van der Waals surface area contributed by atoms with Gasteiger partial charge in [-0.2, -0.15) is 18.2 Å². The minimum absolute atomic E-state index is 0.0329. The number of rotatable bonds is 5. The van der Waals surface area contributed by atoms with E-state index in [1.807, 2.05) is 0 Å². The molecule has 1 aliphatic heterocycles. The van der Waals surface area contributed by atoms with Crippen molar-refractivity contribution in [2.24, 2.45) is 0 Å². The van der Waals surface area contributed by atoms with E-state index in [1.54, 1.807) is 43.4 Å². The van der Waals surface area contributed by atoms with Crippen LogP contribution in [0.4, 0.5) is 33.7 Å². The lowest BCUT2D eigenvalue weighted by Crippen LogP contribution is -2.53. The highest BCUT2D eigenvalue weighted by atomic mass is 19.4. The first-order valence-electron chi connectivity index (χ1n) is 11.3. The monoisotopic (exact) mass is 509 g/mol. The number of anilines is 2. The third-order valence-electron chi connectivity index (χ3n) is 6.24. The average Bonchev–Trinajstić information content (AvgIpc) is 3.34. The number of piperidine rings is 1. The van der Waals surface area contributed by atoms with E-state index in [4.69, 9.17) is 0 Å². The van der Waals surface area contributed by atoms with Crippen molar-refractivity contribution in [2.45, 2.75) is 38.0 Å². The molecule has 0 aliphatic carbocycles. The Bertz CT molecular complexity index is 1430. The number of aryl methyl sites for hydroxylation is 1. The van der Waals surface area contributed by atoms with Gasteiger partial charge in [0.25, 0.3) is 5.92 Å². The molecule has 1 fully saturated rings. The van der Waals surface area contributed by atoms with Gasteiger partial charge < -0.3 is 20.1 Å². The number of likely N-dealkylation sites (tertiary alicyclic amines) is 1. The summed E-state index contributed by atoms with van der Waals surface area (Å²) >= 11 is 0. The smallest absolute Gasteiger partial charge is 0.371 e. The van der Waals surface area contributed by atoms with Crippen LogP contribution in [0.5, 0.6) is 0 Å². The van der Waals surface area contributed by atoms with Gasteiger partial charge in [0.15, 0.2) is 11.5 Å². The van der Waals surface area contributed by atoms with E-state index >= 15 is 0 Å². The van der Waals surface area contributed by atoms with Crippen LogP contribution in [-0.4, -0.2) is 79.4 Å². The fraction of sp³-hybridized carbons (Fsp3) is 0.455. The van der Waals surface area contributed by atoms with Crippen LogP contribution in [0.15, 0.2) is 24.4 Å². The van der Waals surface area contributed by atoms with Crippen molar-refractivity contribution in [1.29, 1.82) is 0 Å². The Morgan fingerprint density at radius 3 is 2.61 bits per heavy atom. The number of hydrogen-bond acceptors (Lipinski definition) is 7. The number of nitrogens with one attached hydrogen (secondary N) is 2. The first-order valence-corrected chi connectivity index (χ1v) is 11.3. The highest BCUT2D eigenvalue weighted by molar-refractivity contribution is 5.89. The lowest BCUT2D eigenvalue weighted by molar-refractivity contribution is -0.140. The Balaban J connectivity index is 1.54. The van der Waals surface area contributed by atoms with Crippen molar-refractivity contribution < 1.29 is 22.0 Å². The van der Waals surface area contributed by atoms with Gasteiger partial charge in [0.05, 0.1) is 18.3 Å². The molecule has 14 heteroatoms. The molecule has 1 aliphatic rings. The maximum absolute atomic E-state index is 14.5. The summed E-state index contributed by atoms with van der Waals surface area (Å²) in [5.74, 6) is -2.37. The molecular formula is C22H24F5N9. The highest BCUT2D eigenvalue weighted by Crippen LogP contribution is 2.33. The van der Waals surface area contributed by atoms with Gasteiger partial charge in [0.1, 0.15) is 23.4 Å². The summed E-state index contributed by atoms with van der Waals surface area (Å²) in [6.07, 6.45) is -2.58. The maximum atomic E-state index is 14.5. The van der Waals surface area contributed by atoms with E-state index in [-0.39, 0.29) is 30.4 Å². The first-order chi connectivity index (χ1) is 16.9. The molecule has 5 heterocycles. The van der Waals surface area contributed by atoms with Crippen LogP contribution in [0.3, 0.4) is 0 Å². The molecule has 4 aromatic rings. The molecule has 36 heavy (non-hydrogen) atoms.